The molecular formula is C19H27N3O2. The van der Waals surface area contributed by atoms with E-state index >= 15 is 0 Å². The van der Waals surface area contributed by atoms with Gasteiger partial charge in [0.05, 0.1) is 5.92 Å². The average Bonchev–Trinajstić information content (AvgIpc) is 3.35. The molecule has 24 heavy (non-hydrogen) atoms. The Balaban J connectivity index is 1.51. The smallest absolute Gasteiger partial charge is 0.225 e. The summed E-state index contributed by atoms with van der Waals surface area (Å²) in [5.74, 6) is -0.0441. The van der Waals surface area contributed by atoms with Gasteiger partial charge in [0.15, 0.2) is 0 Å². The van der Waals surface area contributed by atoms with Gasteiger partial charge in [-0.3, -0.25) is 9.59 Å². The molecule has 0 spiro atoms. The third kappa shape index (κ3) is 4.15. The number of likely N-dealkylation sites (tertiary alicyclic amines) is 1. The minimum Gasteiger partial charge on any atom is -0.352 e. The second-order valence-electron chi connectivity index (χ2n) is 7.05. The number of hydrogen-bond acceptors (Lipinski definition) is 3. The van der Waals surface area contributed by atoms with Gasteiger partial charge in [-0.25, -0.2) is 0 Å². The first-order valence-electron chi connectivity index (χ1n) is 8.90. The number of rotatable bonds is 7. The SMILES string of the molecule is CCN(C)Cc1cccc(CNC(=O)C2CC(=O)N(C3CC3)C2)c1. The maximum absolute atomic E-state index is 12.4. The van der Waals surface area contributed by atoms with Crippen molar-refractivity contribution in [3.63, 3.8) is 0 Å². The number of carbonyl (C=O) groups is 2. The van der Waals surface area contributed by atoms with Crippen molar-refractivity contribution in [2.75, 3.05) is 20.1 Å². The van der Waals surface area contributed by atoms with Crippen molar-refractivity contribution in [2.24, 2.45) is 5.92 Å². The first-order chi connectivity index (χ1) is 11.6. The summed E-state index contributed by atoms with van der Waals surface area (Å²) in [7, 11) is 2.09. The topological polar surface area (TPSA) is 52.7 Å². The van der Waals surface area contributed by atoms with Crippen LogP contribution in [0.15, 0.2) is 24.3 Å². The molecule has 2 aliphatic rings. The fraction of sp³-hybridized carbons (Fsp3) is 0.579. The minimum atomic E-state index is -0.187. The molecule has 1 saturated heterocycles. The Kier molecular flexibility index (Phi) is 5.19. The van der Waals surface area contributed by atoms with Crippen molar-refractivity contribution in [3.05, 3.63) is 35.4 Å². The molecule has 1 heterocycles. The second kappa shape index (κ2) is 7.34. The predicted octanol–water partition coefficient (Wildman–Crippen LogP) is 1.77. The third-order valence-electron chi connectivity index (χ3n) is 4.97. The Morgan fingerprint density at radius 1 is 1.33 bits per heavy atom. The monoisotopic (exact) mass is 329 g/mol. The summed E-state index contributed by atoms with van der Waals surface area (Å²) >= 11 is 0. The van der Waals surface area contributed by atoms with Crippen LogP contribution < -0.4 is 5.32 Å². The molecule has 1 aromatic carbocycles. The van der Waals surface area contributed by atoms with E-state index < -0.39 is 0 Å². The van der Waals surface area contributed by atoms with Crippen molar-refractivity contribution in [3.8, 4) is 0 Å². The average molecular weight is 329 g/mol. The van der Waals surface area contributed by atoms with Gasteiger partial charge in [0.25, 0.3) is 0 Å². The molecule has 2 amide bonds. The fourth-order valence-corrected chi connectivity index (χ4v) is 3.24. The van der Waals surface area contributed by atoms with Gasteiger partial charge in [-0.05, 0) is 37.6 Å². The molecule has 1 aliphatic carbocycles. The molecule has 1 aromatic rings. The Morgan fingerprint density at radius 3 is 2.79 bits per heavy atom. The Hall–Kier alpha value is -1.88. The maximum atomic E-state index is 12.4. The van der Waals surface area contributed by atoms with Crippen LogP contribution >= 0.6 is 0 Å². The van der Waals surface area contributed by atoms with E-state index in [-0.39, 0.29) is 17.7 Å². The lowest BCUT2D eigenvalue weighted by atomic mass is 10.1. The molecule has 2 fully saturated rings. The summed E-state index contributed by atoms with van der Waals surface area (Å²) < 4.78 is 0. The fourth-order valence-electron chi connectivity index (χ4n) is 3.24. The molecule has 130 valence electrons. The molecule has 5 heteroatoms. The van der Waals surface area contributed by atoms with Gasteiger partial charge in [0.2, 0.25) is 11.8 Å². The zero-order valence-corrected chi connectivity index (χ0v) is 14.6. The molecule has 0 bridgehead atoms. The highest BCUT2D eigenvalue weighted by Gasteiger charge is 2.41. The summed E-state index contributed by atoms with van der Waals surface area (Å²) in [4.78, 5) is 28.5. The zero-order valence-electron chi connectivity index (χ0n) is 14.6. The van der Waals surface area contributed by atoms with Crippen molar-refractivity contribution < 1.29 is 9.59 Å². The molecular weight excluding hydrogens is 302 g/mol. The van der Waals surface area contributed by atoms with E-state index in [0.29, 0.717) is 25.6 Å². The first kappa shape index (κ1) is 17.0. The van der Waals surface area contributed by atoms with E-state index in [2.05, 4.69) is 36.3 Å². The van der Waals surface area contributed by atoms with Crippen molar-refractivity contribution >= 4 is 11.8 Å². The van der Waals surface area contributed by atoms with Crippen molar-refractivity contribution in [1.82, 2.24) is 15.1 Å². The van der Waals surface area contributed by atoms with Gasteiger partial charge < -0.3 is 15.1 Å². The number of hydrogen-bond donors (Lipinski definition) is 1. The molecule has 3 rings (SSSR count). The molecule has 1 aliphatic heterocycles. The van der Waals surface area contributed by atoms with Crippen LogP contribution in [-0.2, 0) is 22.7 Å². The van der Waals surface area contributed by atoms with Crippen LogP contribution in [0.4, 0.5) is 0 Å². The largest absolute Gasteiger partial charge is 0.352 e. The number of amides is 2. The summed E-state index contributed by atoms with van der Waals surface area (Å²) in [5.41, 5.74) is 2.36. The molecule has 0 radical (unpaired) electrons. The Labute approximate surface area is 144 Å². The van der Waals surface area contributed by atoms with E-state index in [9.17, 15) is 9.59 Å². The Bertz CT molecular complexity index is 612. The lowest BCUT2D eigenvalue weighted by molar-refractivity contribution is -0.129. The van der Waals surface area contributed by atoms with Crippen LogP contribution in [0.5, 0.6) is 0 Å². The molecule has 0 aromatic heterocycles. The van der Waals surface area contributed by atoms with Gasteiger partial charge in [-0.15, -0.1) is 0 Å². The maximum Gasteiger partial charge on any atom is 0.225 e. The lowest BCUT2D eigenvalue weighted by Crippen LogP contribution is -2.33. The molecule has 1 saturated carbocycles. The number of nitrogens with one attached hydrogen (secondary N) is 1. The first-order valence-corrected chi connectivity index (χ1v) is 8.90. The highest BCUT2D eigenvalue weighted by molar-refractivity contribution is 5.89. The number of nitrogens with zero attached hydrogens (tertiary/aromatic N) is 2. The normalized spacial score (nSPS) is 20.7. The van der Waals surface area contributed by atoms with Gasteiger partial charge in [0, 0.05) is 32.1 Å². The van der Waals surface area contributed by atoms with E-state index in [1.54, 1.807) is 0 Å². The van der Waals surface area contributed by atoms with Crippen LogP contribution in [0, 0.1) is 5.92 Å². The highest BCUT2D eigenvalue weighted by Crippen LogP contribution is 2.32. The number of carbonyl (C=O) groups excluding carboxylic acids is 2. The Morgan fingerprint density at radius 2 is 2.08 bits per heavy atom. The van der Waals surface area contributed by atoms with E-state index in [4.69, 9.17) is 0 Å². The van der Waals surface area contributed by atoms with Crippen LogP contribution in [0.1, 0.15) is 37.3 Å². The second-order valence-corrected chi connectivity index (χ2v) is 7.05. The molecule has 1 unspecified atom stereocenters. The van der Waals surface area contributed by atoms with Crippen LogP contribution in [0.25, 0.3) is 0 Å². The highest BCUT2D eigenvalue weighted by atomic mass is 16.2. The van der Waals surface area contributed by atoms with Gasteiger partial charge in [-0.2, -0.15) is 0 Å². The van der Waals surface area contributed by atoms with Gasteiger partial charge in [-0.1, -0.05) is 31.2 Å². The lowest BCUT2D eigenvalue weighted by Gasteiger charge is -2.16. The van der Waals surface area contributed by atoms with Crippen molar-refractivity contribution in [2.45, 2.75) is 45.3 Å². The van der Waals surface area contributed by atoms with E-state index in [0.717, 1.165) is 31.5 Å². The summed E-state index contributed by atoms with van der Waals surface area (Å²) in [6.07, 6.45) is 2.56. The van der Waals surface area contributed by atoms with Crippen LogP contribution in [0.2, 0.25) is 0 Å². The number of benzene rings is 1. The van der Waals surface area contributed by atoms with Gasteiger partial charge >= 0.3 is 0 Å². The quantitative estimate of drug-likeness (QED) is 0.829. The van der Waals surface area contributed by atoms with Crippen LogP contribution in [-0.4, -0.2) is 47.8 Å². The summed E-state index contributed by atoms with van der Waals surface area (Å²) in [5, 5.41) is 3.00. The molecule has 1 N–H and O–H groups in total. The summed E-state index contributed by atoms with van der Waals surface area (Å²) in [6.45, 7) is 5.17. The van der Waals surface area contributed by atoms with Crippen LogP contribution in [0.3, 0.4) is 0 Å². The van der Waals surface area contributed by atoms with Gasteiger partial charge in [0.1, 0.15) is 0 Å². The van der Waals surface area contributed by atoms with Crippen molar-refractivity contribution in [1.29, 1.82) is 0 Å². The minimum absolute atomic E-state index is 0.00239. The molecule has 1 atom stereocenters. The zero-order chi connectivity index (χ0) is 17.1. The molecule has 5 nitrogen and oxygen atoms in total. The van der Waals surface area contributed by atoms with E-state index in [1.807, 2.05) is 17.0 Å². The predicted molar refractivity (Wildman–Crippen MR) is 93.1 cm³/mol. The third-order valence-corrected chi connectivity index (χ3v) is 4.97. The van der Waals surface area contributed by atoms with E-state index in [1.165, 1.54) is 5.56 Å². The summed E-state index contributed by atoms with van der Waals surface area (Å²) in [6, 6.07) is 8.73. The standard InChI is InChI=1S/C19H27N3O2/c1-3-21(2)12-15-6-4-5-14(9-15)11-20-19(24)16-10-18(23)22(13-16)17-7-8-17/h4-6,9,16-17H,3,7-8,10-13H2,1-2H3,(H,20,24).